The minimum Gasteiger partial charge on any atom is -0.509 e. The molecule has 9 rings (SSSR count). The Labute approximate surface area is 414 Å². The van der Waals surface area contributed by atoms with Crippen molar-refractivity contribution in [3.63, 3.8) is 0 Å². The molecule has 1 aliphatic rings. The van der Waals surface area contributed by atoms with Crippen LogP contribution in [0.15, 0.2) is 134 Å². The summed E-state index contributed by atoms with van der Waals surface area (Å²) in [6.45, 7) is 34.1. The third-order valence-electron chi connectivity index (χ3n) is 13.5. The Morgan fingerprint density at radius 2 is 1.10 bits per heavy atom. The van der Waals surface area contributed by atoms with Gasteiger partial charge in [0.25, 0.3) is 0 Å². The molecule has 6 aromatic carbocycles. The number of fused-ring (bicyclic) bond motifs is 4. The maximum Gasteiger partial charge on any atom is 0.135 e. The van der Waals surface area contributed by atoms with Crippen molar-refractivity contribution in [3.8, 4) is 17.3 Å². The van der Waals surface area contributed by atoms with Gasteiger partial charge in [0.2, 0.25) is 0 Å². The maximum absolute atomic E-state index is 6.77. The van der Waals surface area contributed by atoms with E-state index in [2.05, 4.69) is 245 Å². The smallest absolute Gasteiger partial charge is 0.135 e. The molecule has 348 valence electrons. The van der Waals surface area contributed by atoms with Gasteiger partial charge < -0.3 is 19.1 Å². The van der Waals surface area contributed by atoms with Crippen LogP contribution in [0.25, 0.3) is 27.6 Å². The summed E-state index contributed by atoms with van der Waals surface area (Å²) < 4.78 is 9.01. The van der Waals surface area contributed by atoms with Gasteiger partial charge in [-0.05, 0) is 103 Å². The standard InChI is InChI=1S/C61H65N4O.Pt/c1-57(2,3)41-23-27-52-51(34-41)50-26-25-49(38-54(50)65(52)56-36-43(29-30-62-56)61(13,14)40-19-16-15-17-20-40)66-48-22-18-21-46(37-48)63-39-64(53-28-24-42(35-55(53)63)58(4,5)6)47-32-44(59(7,8)9)31-45(33-47)60(10,11)12;/h15-36,39H,1-14H3;/q-3;. The molecule has 0 aliphatic carbocycles. The first kappa shape index (κ1) is 47.8. The van der Waals surface area contributed by atoms with Gasteiger partial charge in [-0.15, -0.1) is 48.1 Å². The van der Waals surface area contributed by atoms with E-state index in [1.54, 1.807) is 0 Å². The average Bonchev–Trinajstić information content (AvgIpc) is 3.81. The van der Waals surface area contributed by atoms with E-state index in [1.807, 2.05) is 18.3 Å². The van der Waals surface area contributed by atoms with Crippen molar-refractivity contribution in [2.24, 2.45) is 0 Å². The van der Waals surface area contributed by atoms with Crippen LogP contribution in [0, 0.1) is 18.8 Å². The first-order valence-electron chi connectivity index (χ1n) is 23.4. The van der Waals surface area contributed by atoms with E-state index in [9.17, 15) is 0 Å². The van der Waals surface area contributed by atoms with E-state index in [4.69, 9.17) is 9.72 Å². The third kappa shape index (κ3) is 9.21. The van der Waals surface area contributed by atoms with Crippen LogP contribution in [0.1, 0.15) is 130 Å². The summed E-state index contributed by atoms with van der Waals surface area (Å²) in [6.07, 6.45) is 1.93. The molecule has 5 nitrogen and oxygen atoms in total. The van der Waals surface area contributed by atoms with Crippen molar-refractivity contribution >= 4 is 44.6 Å². The summed E-state index contributed by atoms with van der Waals surface area (Å²) >= 11 is 0. The Balaban J connectivity index is 0.00000608. The Morgan fingerprint density at radius 1 is 0.478 bits per heavy atom. The van der Waals surface area contributed by atoms with Gasteiger partial charge in [0.1, 0.15) is 5.82 Å². The SMILES string of the molecule is CC(C)(C)c1cc(N2[CH-]N(c3[c-]c(Oc4[c-]c5c(cc4)c4cc(C(C)(C)C)ccc4n5-c4cc(C(C)(C)c5ccccc5)ccn4)ccc3)c3cc(C(C)(C)C)ccc32)cc(C(C)(C)C)c1.[Pt]. The summed E-state index contributed by atoms with van der Waals surface area (Å²) in [6, 6.07) is 53.6. The first-order valence-corrected chi connectivity index (χ1v) is 23.4. The van der Waals surface area contributed by atoms with E-state index in [0.717, 1.165) is 50.4 Å². The number of ether oxygens (including phenoxy) is 1. The van der Waals surface area contributed by atoms with Crippen LogP contribution in [0.5, 0.6) is 11.5 Å². The normalized spacial score (nSPS) is 13.6. The summed E-state index contributed by atoms with van der Waals surface area (Å²) in [5, 5.41) is 2.26. The Bertz CT molecular complexity index is 3080. The second-order valence-corrected chi connectivity index (χ2v) is 22.9. The monoisotopic (exact) mass is 1060 g/mol. The fourth-order valence-electron chi connectivity index (χ4n) is 9.03. The van der Waals surface area contributed by atoms with E-state index in [-0.39, 0.29) is 48.1 Å². The molecule has 0 atom stereocenters. The maximum atomic E-state index is 6.77. The molecule has 0 N–H and O–H groups in total. The van der Waals surface area contributed by atoms with Crippen LogP contribution < -0.4 is 14.5 Å². The molecule has 8 aromatic rings. The van der Waals surface area contributed by atoms with Crippen LogP contribution >= 0.6 is 0 Å². The number of aromatic nitrogens is 2. The van der Waals surface area contributed by atoms with Crippen LogP contribution in [-0.2, 0) is 48.1 Å². The van der Waals surface area contributed by atoms with Gasteiger partial charge in [-0.3, -0.25) is 0 Å². The van der Waals surface area contributed by atoms with Gasteiger partial charge >= 0.3 is 0 Å². The molecule has 0 fully saturated rings. The molecular formula is C61H65N4OPt-3. The van der Waals surface area contributed by atoms with E-state index >= 15 is 0 Å². The van der Waals surface area contributed by atoms with Crippen LogP contribution in [0.3, 0.4) is 0 Å². The summed E-state index contributed by atoms with van der Waals surface area (Å²) in [4.78, 5) is 9.61. The number of nitrogens with zero attached hydrogens (tertiary/aromatic N) is 4. The third-order valence-corrected chi connectivity index (χ3v) is 13.5. The zero-order chi connectivity index (χ0) is 47.1. The fourth-order valence-corrected chi connectivity index (χ4v) is 9.03. The number of anilines is 4. The molecule has 1 aliphatic heterocycles. The zero-order valence-electron chi connectivity index (χ0n) is 41.8. The number of rotatable bonds is 7. The molecule has 6 heteroatoms. The van der Waals surface area contributed by atoms with Crippen molar-refractivity contribution in [1.29, 1.82) is 0 Å². The quantitative estimate of drug-likeness (QED) is 0.149. The molecule has 0 saturated carbocycles. The number of hydrogen-bond acceptors (Lipinski definition) is 4. The Hall–Kier alpha value is -5.64. The molecule has 0 unspecified atom stereocenters. The molecule has 0 saturated heterocycles. The van der Waals surface area contributed by atoms with Gasteiger partial charge in [0.05, 0.1) is 0 Å². The number of benzene rings is 6. The topological polar surface area (TPSA) is 33.5 Å². The van der Waals surface area contributed by atoms with Crippen molar-refractivity contribution in [2.45, 2.75) is 124 Å². The molecular weight excluding hydrogens is 1000 g/mol. The molecule has 67 heavy (non-hydrogen) atoms. The first-order chi connectivity index (χ1) is 31.0. The van der Waals surface area contributed by atoms with Gasteiger partial charge in [-0.2, -0.15) is 12.1 Å². The van der Waals surface area contributed by atoms with Crippen molar-refractivity contribution < 1.29 is 25.8 Å². The Morgan fingerprint density at radius 3 is 1.76 bits per heavy atom. The van der Waals surface area contributed by atoms with Crippen LogP contribution in [-0.4, -0.2) is 9.55 Å². The van der Waals surface area contributed by atoms with Gasteiger partial charge in [0, 0.05) is 66.8 Å². The molecule has 0 spiro atoms. The summed E-state index contributed by atoms with van der Waals surface area (Å²) in [5.41, 5.74) is 13.5. The average molecular weight is 1070 g/mol. The predicted octanol–water partition coefficient (Wildman–Crippen LogP) is 16.5. The number of hydrogen-bond donors (Lipinski definition) is 0. The number of pyridine rings is 1. The van der Waals surface area contributed by atoms with Gasteiger partial charge in [-0.25, -0.2) is 4.98 Å². The van der Waals surface area contributed by atoms with E-state index in [0.29, 0.717) is 11.5 Å². The second kappa shape index (κ2) is 17.1. The van der Waals surface area contributed by atoms with E-state index < -0.39 is 0 Å². The summed E-state index contributed by atoms with van der Waals surface area (Å²) in [7, 11) is 0. The van der Waals surface area contributed by atoms with Crippen LogP contribution in [0.4, 0.5) is 22.7 Å². The van der Waals surface area contributed by atoms with Gasteiger partial charge in [-0.1, -0.05) is 157 Å². The minimum absolute atomic E-state index is 0. The van der Waals surface area contributed by atoms with Crippen molar-refractivity contribution in [2.75, 3.05) is 9.80 Å². The predicted molar refractivity (Wildman–Crippen MR) is 278 cm³/mol. The molecule has 0 amide bonds. The van der Waals surface area contributed by atoms with Crippen molar-refractivity contribution in [1.82, 2.24) is 9.55 Å². The Kier molecular flexibility index (Phi) is 12.2. The fraction of sp³-hybridized carbons (Fsp3) is 0.311. The minimum atomic E-state index is -0.236. The molecule has 2 aromatic heterocycles. The largest absolute Gasteiger partial charge is 0.509 e. The van der Waals surface area contributed by atoms with Crippen LogP contribution in [0.2, 0.25) is 0 Å². The second-order valence-electron chi connectivity index (χ2n) is 22.9. The van der Waals surface area contributed by atoms with Crippen molar-refractivity contribution in [3.05, 3.63) is 186 Å². The summed E-state index contributed by atoms with van der Waals surface area (Å²) in [5.74, 6) is 2.05. The zero-order valence-corrected chi connectivity index (χ0v) is 44.1. The van der Waals surface area contributed by atoms with E-state index in [1.165, 1.54) is 33.4 Å². The molecule has 0 radical (unpaired) electrons. The molecule has 0 bridgehead atoms. The molecule has 3 heterocycles. The van der Waals surface area contributed by atoms with Gasteiger partial charge in [0.15, 0.2) is 0 Å².